The summed E-state index contributed by atoms with van der Waals surface area (Å²) in [5, 5.41) is 10.1. The summed E-state index contributed by atoms with van der Waals surface area (Å²) in [7, 11) is 3.45. The second-order valence-electron chi connectivity index (χ2n) is 10.1. The molecule has 0 saturated carbocycles. The van der Waals surface area contributed by atoms with Crippen molar-refractivity contribution in [3.63, 3.8) is 0 Å². The maximum atomic E-state index is 10.1. The van der Waals surface area contributed by atoms with Crippen LogP contribution >= 0.6 is 0 Å². The fraction of sp³-hybridized carbons (Fsp3) is 0.419. The van der Waals surface area contributed by atoms with Crippen molar-refractivity contribution in [3.05, 3.63) is 95.1 Å². The van der Waals surface area contributed by atoms with Gasteiger partial charge in [0.15, 0.2) is 6.29 Å². The van der Waals surface area contributed by atoms with Crippen LogP contribution in [0.5, 0.6) is 5.75 Å². The van der Waals surface area contributed by atoms with Gasteiger partial charge in [-0.3, -0.25) is 0 Å². The summed E-state index contributed by atoms with van der Waals surface area (Å²) in [6.07, 6.45) is 5.30. The number of benzene rings is 3. The highest BCUT2D eigenvalue weighted by molar-refractivity contribution is 5.52. The summed E-state index contributed by atoms with van der Waals surface area (Å²) in [6.45, 7) is 2.14. The van der Waals surface area contributed by atoms with E-state index >= 15 is 0 Å². The molecular formula is C31H37NO3. The third kappa shape index (κ3) is 5.24. The average Bonchev–Trinajstić information content (AvgIpc) is 2.92. The second kappa shape index (κ2) is 10.8. The molecule has 5 rings (SSSR count). The summed E-state index contributed by atoms with van der Waals surface area (Å²) in [6, 6.07) is 26.1. The van der Waals surface area contributed by atoms with Gasteiger partial charge in [0.25, 0.3) is 0 Å². The zero-order valence-electron chi connectivity index (χ0n) is 20.9. The Morgan fingerprint density at radius 3 is 2.26 bits per heavy atom. The van der Waals surface area contributed by atoms with Crippen LogP contribution in [0.4, 0.5) is 5.69 Å². The molecular weight excluding hydrogens is 434 g/mol. The molecule has 1 N–H and O–H groups in total. The Labute approximate surface area is 209 Å². The van der Waals surface area contributed by atoms with Crippen molar-refractivity contribution in [2.75, 3.05) is 32.2 Å². The van der Waals surface area contributed by atoms with E-state index in [1.807, 2.05) is 12.1 Å². The largest absolute Gasteiger partial charge is 0.508 e. The average molecular weight is 472 g/mol. The standard InChI is InChI=1S/C31H37NO3/c1-34-30(35-2)20-22-16-18-32(19-17-22)26-11-8-24(9-12-26)31-28(23-6-4-3-5-7-23)14-10-25-21-27(33)13-15-29(25)31/h3-9,11-13,15,21-22,28,30-31,33H,10,14,16-20H2,1-2H3/t28-,31+/m0/s1. The Hall–Kier alpha value is -2.82. The molecule has 2 atom stereocenters. The van der Waals surface area contributed by atoms with Gasteiger partial charge in [0.05, 0.1) is 0 Å². The molecule has 0 bridgehead atoms. The molecule has 1 aliphatic carbocycles. The second-order valence-corrected chi connectivity index (χ2v) is 10.1. The minimum absolute atomic E-state index is 0.0938. The first kappa shape index (κ1) is 23.9. The quantitative estimate of drug-likeness (QED) is 0.401. The molecule has 3 aromatic rings. The molecule has 0 spiro atoms. The Morgan fingerprint density at radius 2 is 1.57 bits per heavy atom. The number of fused-ring (bicyclic) bond motifs is 1. The third-order valence-corrected chi connectivity index (χ3v) is 8.10. The smallest absolute Gasteiger partial charge is 0.157 e. The lowest BCUT2D eigenvalue weighted by Crippen LogP contribution is -2.35. The van der Waals surface area contributed by atoms with Crippen molar-refractivity contribution in [3.8, 4) is 5.75 Å². The number of rotatable bonds is 7. The summed E-state index contributed by atoms with van der Waals surface area (Å²) in [5.41, 5.74) is 6.68. The van der Waals surface area contributed by atoms with Gasteiger partial charge in [-0.05, 0) is 84.0 Å². The Kier molecular flexibility index (Phi) is 7.40. The van der Waals surface area contributed by atoms with Crippen LogP contribution in [0.2, 0.25) is 0 Å². The van der Waals surface area contributed by atoms with Crippen molar-refractivity contribution >= 4 is 5.69 Å². The van der Waals surface area contributed by atoms with E-state index in [2.05, 4.69) is 65.6 Å². The van der Waals surface area contributed by atoms with E-state index in [0.29, 0.717) is 23.5 Å². The highest BCUT2D eigenvalue weighted by Crippen LogP contribution is 2.47. The number of phenols is 1. The Balaban J connectivity index is 1.35. The minimum Gasteiger partial charge on any atom is -0.508 e. The number of aromatic hydroxyl groups is 1. The van der Waals surface area contributed by atoms with E-state index < -0.39 is 0 Å². The first-order chi connectivity index (χ1) is 17.2. The normalized spacial score (nSPS) is 20.7. The van der Waals surface area contributed by atoms with Gasteiger partial charge in [-0.15, -0.1) is 0 Å². The van der Waals surface area contributed by atoms with Crippen LogP contribution in [-0.2, 0) is 15.9 Å². The molecule has 0 aromatic heterocycles. The highest BCUT2D eigenvalue weighted by atomic mass is 16.7. The van der Waals surface area contributed by atoms with E-state index in [0.717, 1.165) is 32.4 Å². The molecule has 3 aromatic carbocycles. The predicted octanol–water partition coefficient (Wildman–Crippen LogP) is 6.48. The molecule has 1 heterocycles. The van der Waals surface area contributed by atoms with Gasteiger partial charge in [0.1, 0.15) is 5.75 Å². The van der Waals surface area contributed by atoms with Crippen LogP contribution in [0, 0.1) is 5.92 Å². The number of methoxy groups -OCH3 is 2. The number of aryl methyl sites for hydroxylation is 1. The summed E-state index contributed by atoms with van der Waals surface area (Å²) >= 11 is 0. The van der Waals surface area contributed by atoms with E-state index in [1.54, 1.807) is 14.2 Å². The van der Waals surface area contributed by atoms with E-state index in [4.69, 9.17) is 9.47 Å². The Morgan fingerprint density at radius 1 is 0.857 bits per heavy atom. The molecule has 1 saturated heterocycles. The van der Waals surface area contributed by atoms with Gasteiger partial charge in [0, 0.05) is 45.3 Å². The maximum Gasteiger partial charge on any atom is 0.157 e. The molecule has 4 heteroatoms. The van der Waals surface area contributed by atoms with Crippen molar-refractivity contribution < 1.29 is 14.6 Å². The number of anilines is 1. The van der Waals surface area contributed by atoms with E-state index in [1.165, 1.54) is 40.8 Å². The lowest BCUT2D eigenvalue weighted by Gasteiger charge is -2.36. The molecule has 4 nitrogen and oxygen atoms in total. The van der Waals surface area contributed by atoms with Crippen molar-refractivity contribution in [1.82, 2.24) is 0 Å². The van der Waals surface area contributed by atoms with Gasteiger partial charge >= 0.3 is 0 Å². The van der Waals surface area contributed by atoms with Gasteiger partial charge in [0.2, 0.25) is 0 Å². The van der Waals surface area contributed by atoms with E-state index in [9.17, 15) is 5.11 Å². The number of hydrogen-bond donors (Lipinski definition) is 1. The lowest BCUT2D eigenvalue weighted by molar-refractivity contribution is -0.115. The fourth-order valence-electron chi connectivity index (χ4n) is 6.16. The van der Waals surface area contributed by atoms with Crippen LogP contribution in [0.15, 0.2) is 72.8 Å². The number of hydrogen-bond acceptors (Lipinski definition) is 4. The highest BCUT2D eigenvalue weighted by Gasteiger charge is 2.32. The molecule has 1 fully saturated rings. The summed E-state index contributed by atoms with van der Waals surface area (Å²) < 4.78 is 10.8. The molecule has 184 valence electrons. The first-order valence-electron chi connectivity index (χ1n) is 12.9. The molecule has 0 radical (unpaired) electrons. The number of nitrogens with zero attached hydrogens (tertiary/aromatic N) is 1. The summed E-state index contributed by atoms with van der Waals surface area (Å²) in [4.78, 5) is 2.51. The predicted molar refractivity (Wildman–Crippen MR) is 141 cm³/mol. The maximum absolute atomic E-state index is 10.1. The topological polar surface area (TPSA) is 41.9 Å². The fourth-order valence-corrected chi connectivity index (χ4v) is 6.16. The third-order valence-electron chi connectivity index (χ3n) is 8.10. The van der Waals surface area contributed by atoms with Gasteiger partial charge in [-0.2, -0.15) is 0 Å². The number of ether oxygens (including phenoxy) is 2. The van der Waals surface area contributed by atoms with Crippen molar-refractivity contribution in [2.24, 2.45) is 5.92 Å². The lowest BCUT2D eigenvalue weighted by atomic mass is 9.69. The minimum atomic E-state index is -0.0938. The first-order valence-corrected chi connectivity index (χ1v) is 12.9. The molecule has 0 unspecified atom stereocenters. The van der Waals surface area contributed by atoms with Gasteiger partial charge in [-0.1, -0.05) is 48.5 Å². The zero-order chi connectivity index (χ0) is 24.2. The zero-order valence-corrected chi connectivity index (χ0v) is 20.9. The van der Waals surface area contributed by atoms with Gasteiger partial charge in [-0.25, -0.2) is 0 Å². The van der Waals surface area contributed by atoms with E-state index in [-0.39, 0.29) is 6.29 Å². The van der Waals surface area contributed by atoms with Crippen LogP contribution in [0.1, 0.15) is 59.8 Å². The SMILES string of the molecule is COC(CC1CCN(c2ccc([C@H]3c4ccc(O)cc4CC[C@H]3c3ccccc3)cc2)CC1)OC. The molecule has 0 amide bonds. The monoisotopic (exact) mass is 471 g/mol. The van der Waals surface area contributed by atoms with Crippen LogP contribution in [0.25, 0.3) is 0 Å². The van der Waals surface area contributed by atoms with Crippen molar-refractivity contribution in [1.29, 1.82) is 0 Å². The van der Waals surface area contributed by atoms with Crippen molar-refractivity contribution in [2.45, 2.75) is 50.2 Å². The molecule has 35 heavy (non-hydrogen) atoms. The number of phenolic OH excluding ortho intramolecular Hbond substituents is 1. The Bertz CT molecular complexity index is 1090. The van der Waals surface area contributed by atoms with Crippen LogP contribution < -0.4 is 4.90 Å². The molecule has 1 aliphatic heterocycles. The molecule has 2 aliphatic rings. The van der Waals surface area contributed by atoms with Crippen LogP contribution in [-0.4, -0.2) is 38.7 Å². The van der Waals surface area contributed by atoms with Crippen LogP contribution in [0.3, 0.4) is 0 Å². The number of piperidine rings is 1. The summed E-state index contributed by atoms with van der Waals surface area (Å²) in [5.74, 6) is 1.74. The van der Waals surface area contributed by atoms with Gasteiger partial charge < -0.3 is 19.5 Å².